The van der Waals surface area contributed by atoms with Gasteiger partial charge >= 0.3 is 6.03 Å². The molecule has 3 amide bonds. The van der Waals surface area contributed by atoms with E-state index in [1.807, 2.05) is 80.6 Å². The minimum atomic E-state index is -0.432. The molecule has 1 aliphatic heterocycles. The van der Waals surface area contributed by atoms with Crippen LogP contribution in [-0.2, 0) is 17.9 Å². The molecule has 162 valence electrons. The molecule has 4 rings (SSSR count). The van der Waals surface area contributed by atoms with Gasteiger partial charge in [-0.3, -0.25) is 9.69 Å². The molecule has 1 heterocycles. The maximum atomic E-state index is 12.9. The van der Waals surface area contributed by atoms with Gasteiger partial charge in [-0.15, -0.1) is 0 Å². The van der Waals surface area contributed by atoms with Crippen molar-refractivity contribution in [2.45, 2.75) is 27.0 Å². The maximum Gasteiger partial charge on any atom is 0.329 e. The van der Waals surface area contributed by atoms with Crippen LogP contribution in [-0.4, -0.2) is 16.8 Å². The first kappa shape index (κ1) is 21.8. The molecule has 3 aromatic carbocycles. The Morgan fingerprint density at radius 3 is 2.19 bits per heavy atom. The molecule has 1 aliphatic rings. The van der Waals surface area contributed by atoms with E-state index >= 15 is 0 Å². The number of rotatable bonds is 6. The van der Waals surface area contributed by atoms with Gasteiger partial charge in [-0.05, 0) is 49.2 Å². The lowest BCUT2D eigenvalue weighted by Crippen LogP contribution is -2.30. The summed E-state index contributed by atoms with van der Waals surface area (Å²) in [7, 11) is 0. The number of halogens is 1. The van der Waals surface area contributed by atoms with Gasteiger partial charge in [0.2, 0.25) is 0 Å². The summed E-state index contributed by atoms with van der Waals surface area (Å²) in [5.74, 6) is 0.264. The quantitative estimate of drug-likeness (QED) is 0.354. The Hall–Kier alpha value is -3.38. The second-order valence-electron chi connectivity index (χ2n) is 7.82. The number of imide groups is 1. The summed E-state index contributed by atoms with van der Waals surface area (Å²) in [6.45, 7) is 4.66. The van der Waals surface area contributed by atoms with Crippen molar-refractivity contribution in [2.24, 2.45) is 0 Å². The number of carbonyl (C=O) groups is 2. The van der Waals surface area contributed by atoms with Crippen molar-refractivity contribution in [1.29, 1.82) is 0 Å². The highest BCUT2D eigenvalue weighted by Gasteiger charge is 2.33. The number of aryl methyl sites for hydroxylation is 2. The Kier molecular flexibility index (Phi) is 6.42. The van der Waals surface area contributed by atoms with E-state index in [1.165, 1.54) is 10.5 Å². The number of amides is 3. The van der Waals surface area contributed by atoms with Crippen molar-refractivity contribution < 1.29 is 14.3 Å². The van der Waals surface area contributed by atoms with Gasteiger partial charge in [0.15, 0.2) is 0 Å². The van der Waals surface area contributed by atoms with Gasteiger partial charge in [0, 0.05) is 10.0 Å². The third kappa shape index (κ3) is 5.08. The van der Waals surface area contributed by atoms with E-state index in [1.54, 1.807) is 6.08 Å². The van der Waals surface area contributed by atoms with Crippen molar-refractivity contribution >= 4 is 33.9 Å². The van der Waals surface area contributed by atoms with E-state index in [-0.39, 0.29) is 18.1 Å². The Bertz CT molecular complexity index is 1180. The number of hydrogen-bond donors (Lipinski definition) is 1. The Balaban J connectivity index is 1.54. The van der Waals surface area contributed by atoms with Crippen LogP contribution in [0.2, 0.25) is 0 Å². The predicted molar refractivity (Wildman–Crippen MR) is 128 cm³/mol. The summed E-state index contributed by atoms with van der Waals surface area (Å²) < 4.78 is 6.87. The zero-order valence-corrected chi connectivity index (χ0v) is 19.5. The second kappa shape index (κ2) is 9.40. The Morgan fingerprint density at radius 1 is 0.906 bits per heavy atom. The number of benzene rings is 3. The van der Waals surface area contributed by atoms with E-state index < -0.39 is 6.03 Å². The highest BCUT2D eigenvalue weighted by atomic mass is 79.9. The molecule has 1 fully saturated rings. The van der Waals surface area contributed by atoms with Crippen LogP contribution >= 0.6 is 15.9 Å². The number of carbonyl (C=O) groups excluding carboxylic acids is 2. The molecule has 0 atom stereocenters. The minimum absolute atomic E-state index is 0.220. The van der Waals surface area contributed by atoms with Crippen LogP contribution in [0.3, 0.4) is 0 Å². The topological polar surface area (TPSA) is 58.6 Å². The first-order valence-corrected chi connectivity index (χ1v) is 11.1. The molecule has 1 saturated heterocycles. The number of urea groups is 1. The number of nitrogens with zero attached hydrogens (tertiary/aromatic N) is 1. The number of ether oxygens (including phenoxy) is 1. The largest absolute Gasteiger partial charge is 0.488 e. The normalized spacial score (nSPS) is 14.7. The van der Waals surface area contributed by atoms with Crippen LogP contribution in [0.15, 0.2) is 76.9 Å². The van der Waals surface area contributed by atoms with Gasteiger partial charge in [0.05, 0.1) is 6.54 Å². The first-order valence-electron chi connectivity index (χ1n) is 10.3. The fourth-order valence-electron chi connectivity index (χ4n) is 3.36. The van der Waals surface area contributed by atoms with Crippen molar-refractivity contribution in [3.63, 3.8) is 0 Å². The lowest BCUT2D eigenvalue weighted by atomic mass is 10.1. The first-order chi connectivity index (χ1) is 15.4. The zero-order chi connectivity index (χ0) is 22.7. The van der Waals surface area contributed by atoms with Crippen LogP contribution < -0.4 is 10.1 Å². The maximum absolute atomic E-state index is 12.9. The average Bonchev–Trinajstić information content (AvgIpc) is 3.03. The third-order valence-corrected chi connectivity index (χ3v) is 5.70. The molecule has 32 heavy (non-hydrogen) atoms. The van der Waals surface area contributed by atoms with E-state index in [0.717, 1.165) is 21.2 Å². The third-order valence-electron chi connectivity index (χ3n) is 5.21. The molecule has 0 saturated carbocycles. The number of nitrogens with one attached hydrogen (secondary N) is 1. The average molecular weight is 491 g/mol. The molecular formula is C26H23BrN2O3. The van der Waals surface area contributed by atoms with Crippen LogP contribution in [0, 0.1) is 13.8 Å². The minimum Gasteiger partial charge on any atom is -0.488 e. The molecule has 3 aromatic rings. The smallest absolute Gasteiger partial charge is 0.329 e. The monoisotopic (exact) mass is 490 g/mol. The van der Waals surface area contributed by atoms with Gasteiger partial charge in [-0.1, -0.05) is 75.6 Å². The summed E-state index contributed by atoms with van der Waals surface area (Å²) in [6.07, 6.45) is 1.66. The van der Waals surface area contributed by atoms with E-state index in [9.17, 15) is 9.59 Å². The highest BCUT2D eigenvalue weighted by molar-refractivity contribution is 9.10. The zero-order valence-electron chi connectivity index (χ0n) is 17.9. The van der Waals surface area contributed by atoms with Gasteiger partial charge in [0.1, 0.15) is 18.1 Å². The van der Waals surface area contributed by atoms with Gasteiger partial charge in [0.25, 0.3) is 5.91 Å². The molecule has 1 N–H and O–H groups in total. The van der Waals surface area contributed by atoms with Crippen molar-refractivity contribution in [3.8, 4) is 5.75 Å². The lowest BCUT2D eigenvalue weighted by Gasteiger charge is -2.12. The van der Waals surface area contributed by atoms with E-state index in [0.29, 0.717) is 17.9 Å². The van der Waals surface area contributed by atoms with Gasteiger partial charge in [-0.25, -0.2) is 4.79 Å². The number of hydrogen-bond acceptors (Lipinski definition) is 3. The van der Waals surface area contributed by atoms with E-state index in [4.69, 9.17) is 4.74 Å². The van der Waals surface area contributed by atoms with Crippen molar-refractivity contribution in [2.75, 3.05) is 0 Å². The van der Waals surface area contributed by atoms with Gasteiger partial charge < -0.3 is 10.1 Å². The fourth-order valence-corrected chi connectivity index (χ4v) is 3.73. The molecule has 0 aromatic heterocycles. The van der Waals surface area contributed by atoms with Crippen LogP contribution in [0.4, 0.5) is 4.79 Å². The summed E-state index contributed by atoms with van der Waals surface area (Å²) in [4.78, 5) is 26.6. The summed E-state index contributed by atoms with van der Waals surface area (Å²) in [6, 6.07) is 21.0. The van der Waals surface area contributed by atoms with Crippen LogP contribution in [0.5, 0.6) is 5.75 Å². The molecule has 0 radical (unpaired) electrons. The van der Waals surface area contributed by atoms with E-state index in [2.05, 4.69) is 21.2 Å². The SMILES string of the molecule is Cc1ccc(COc2ccc(Br)cc2/C=C2/NC(=O)N(Cc3ccc(C)cc3)C2=O)cc1. The van der Waals surface area contributed by atoms with Crippen molar-refractivity contribution in [1.82, 2.24) is 10.2 Å². The molecule has 6 heteroatoms. The predicted octanol–water partition coefficient (Wildman–Crippen LogP) is 5.74. The summed E-state index contributed by atoms with van der Waals surface area (Å²) in [5, 5.41) is 2.69. The fraction of sp³-hybridized carbons (Fsp3) is 0.154. The van der Waals surface area contributed by atoms with Crippen molar-refractivity contribution in [3.05, 3.63) is 105 Å². The molecule has 0 spiro atoms. The summed E-state index contributed by atoms with van der Waals surface area (Å²) in [5.41, 5.74) is 5.18. The Labute approximate surface area is 195 Å². The van der Waals surface area contributed by atoms with Crippen LogP contribution in [0.25, 0.3) is 6.08 Å². The molecule has 0 bridgehead atoms. The van der Waals surface area contributed by atoms with Crippen LogP contribution in [0.1, 0.15) is 27.8 Å². The van der Waals surface area contributed by atoms with Gasteiger partial charge in [-0.2, -0.15) is 0 Å². The lowest BCUT2D eigenvalue weighted by molar-refractivity contribution is -0.123. The molecular weight excluding hydrogens is 468 g/mol. The molecule has 5 nitrogen and oxygen atoms in total. The second-order valence-corrected chi connectivity index (χ2v) is 8.74. The summed E-state index contributed by atoms with van der Waals surface area (Å²) >= 11 is 3.47. The highest BCUT2D eigenvalue weighted by Crippen LogP contribution is 2.28. The standard InChI is InChI=1S/C26H23BrN2O3/c1-17-3-7-19(8-4-17)15-29-25(30)23(28-26(29)31)14-21-13-22(27)11-12-24(21)32-16-20-9-5-18(2)6-10-20/h3-14H,15-16H2,1-2H3,(H,28,31)/b23-14+. The molecule has 0 unspecified atom stereocenters. The Morgan fingerprint density at radius 2 is 1.53 bits per heavy atom. The molecule has 0 aliphatic carbocycles.